The topological polar surface area (TPSA) is 61.0 Å². The first kappa shape index (κ1) is 12.5. The summed E-state index contributed by atoms with van der Waals surface area (Å²) in [5, 5.41) is 0.863. The van der Waals surface area contributed by atoms with E-state index in [0.717, 1.165) is 10.9 Å². The van der Waals surface area contributed by atoms with E-state index in [-0.39, 0.29) is 4.99 Å². The molecule has 0 saturated carbocycles. The molecule has 0 fully saturated rings. The number of pyridine rings is 2. The number of fused-ring (bicyclic) bond motifs is 1. The third-order valence-corrected chi connectivity index (χ3v) is 3.07. The van der Waals surface area contributed by atoms with Crippen LogP contribution in [0.2, 0.25) is 0 Å². The number of nitrogens with zero attached hydrogens (tertiary/aromatic N) is 2. The van der Waals surface area contributed by atoms with Gasteiger partial charge in [-0.15, -0.1) is 0 Å². The number of benzene rings is 1. The molecule has 2 N–H and O–H groups in total. The Balaban J connectivity index is 2.20. The Morgan fingerprint density at radius 1 is 1.10 bits per heavy atom. The molecule has 0 spiro atoms. The highest BCUT2D eigenvalue weighted by Gasteiger charge is 2.13. The molecule has 5 heteroatoms. The van der Waals surface area contributed by atoms with Gasteiger partial charge in [-0.3, -0.25) is 9.97 Å². The number of para-hydroxylation sites is 1. The van der Waals surface area contributed by atoms with Crippen LogP contribution < -0.4 is 10.5 Å². The van der Waals surface area contributed by atoms with Crippen LogP contribution in [0.4, 0.5) is 0 Å². The lowest BCUT2D eigenvalue weighted by Gasteiger charge is -2.12. The van der Waals surface area contributed by atoms with Crippen LogP contribution in [0.15, 0.2) is 55.0 Å². The number of hydrogen-bond donors (Lipinski definition) is 1. The summed E-state index contributed by atoms with van der Waals surface area (Å²) in [5.74, 6) is 1.23. The van der Waals surface area contributed by atoms with Crippen molar-refractivity contribution >= 4 is 28.1 Å². The van der Waals surface area contributed by atoms with Crippen molar-refractivity contribution in [2.24, 2.45) is 5.73 Å². The van der Waals surface area contributed by atoms with Gasteiger partial charge in [-0.1, -0.05) is 24.4 Å². The van der Waals surface area contributed by atoms with Crippen LogP contribution in [0.1, 0.15) is 5.56 Å². The predicted molar refractivity (Wildman–Crippen MR) is 81.9 cm³/mol. The Morgan fingerprint density at radius 3 is 2.70 bits per heavy atom. The summed E-state index contributed by atoms with van der Waals surface area (Å²) >= 11 is 5.07. The molecular formula is C15H11N3OS. The summed E-state index contributed by atoms with van der Waals surface area (Å²) in [6, 6.07) is 11.3. The summed E-state index contributed by atoms with van der Waals surface area (Å²) in [6.45, 7) is 0. The number of ether oxygens (including phenoxy) is 1. The first-order valence-corrected chi connectivity index (χ1v) is 6.42. The monoisotopic (exact) mass is 281 g/mol. The Labute approximate surface area is 121 Å². The highest BCUT2D eigenvalue weighted by atomic mass is 32.1. The number of nitrogens with two attached hydrogens (primary N) is 1. The number of hydrogen-bond acceptors (Lipinski definition) is 4. The van der Waals surface area contributed by atoms with Crippen molar-refractivity contribution in [3.05, 3.63) is 60.6 Å². The summed E-state index contributed by atoms with van der Waals surface area (Å²) in [6.07, 6.45) is 4.96. The van der Waals surface area contributed by atoms with Crippen LogP contribution in [-0.2, 0) is 0 Å². The van der Waals surface area contributed by atoms with Crippen LogP contribution in [0.25, 0.3) is 10.9 Å². The number of rotatable bonds is 3. The second-order valence-electron chi connectivity index (χ2n) is 4.17. The molecule has 1 aromatic carbocycles. The molecule has 0 saturated heterocycles. The minimum Gasteiger partial charge on any atom is -0.454 e. The van der Waals surface area contributed by atoms with Crippen molar-refractivity contribution in [3.8, 4) is 11.5 Å². The molecule has 0 atom stereocenters. The lowest BCUT2D eigenvalue weighted by molar-refractivity contribution is 0.484. The minimum absolute atomic E-state index is 0.252. The molecule has 0 unspecified atom stereocenters. The molecule has 0 aliphatic carbocycles. The first-order valence-electron chi connectivity index (χ1n) is 6.01. The van der Waals surface area contributed by atoms with E-state index in [1.807, 2.05) is 30.3 Å². The van der Waals surface area contributed by atoms with Crippen molar-refractivity contribution in [2.75, 3.05) is 0 Å². The van der Waals surface area contributed by atoms with Gasteiger partial charge < -0.3 is 10.5 Å². The molecular weight excluding hydrogens is 270 g/mol. The summed E-state index contributed by atoms with van der Waals surface area (Å²) < 4.78 is 5.91. The predicted octanol–water partition coefficient (Wildman–Crippen LogP) is 3.06. The average Bonchev–Trinajstić information content (AvgIpc) is 2.48. The van der Waals surface area contributed by atoms with Gasteiger partial charge in [-0.2, -0.15) is 0 Å². The van der Waals surface area contributed by atoms with E-state index in [1.54, 1.807) is 24.7 Å². The third-order valence-electron chi connectivity index (χ3n) is 2.85. The van der Waals surface area contributed by atoms with Crippen LogP contribution in [0, 0.1) is 0 Å². The summed E-state index contributed by atoms with van der Waals surface area (Å²) in [4.78, 5) is 8.62. The van der Waals surface area contributed by atoms with E-state index < -0.39 is 0 Å². The zero-order chi connectivity index (χ0) is 13.9. The van der Waals surface area contributed by atoms with Crippen LogP contribution in [-0.4, -0.2) is 15.0 Å². The maximum absolute atomic E-state index is 5.91. The van der Waals surface area contributed by atoms with E-state index in [9.17, 15) is 0 Å². The largest absolute Gasteiger partial charge is 0.454 e. The van der Waals surface area contributed by atoms with E-state index >= 15 is 0 Å². The third kappa shape index (κ3) is 2.31. The van der Waals surface area contributed by atoms with Crippen LogP contribution >= 0.6 is 12.2 Å². The SMILES string of the molecule is NC(=S)c1cnc2ccccc2c1Oc1cccnc1. The van der Waals surface area contributed by atoms with Gasteiger partial charge in [-0.05, 0) is 24.3 Å². The van der Waals surface area contributed by atoms with E-state index in [2.05, 4.69) is 9.97 Å². The Bertz CT molecular complexity index is 774. The molecule has 4 nitrogen and oxygen atoms in total. The number of aromatic nitrogens is 2. The second kappa shape index (κ2) is 5.22. The van der Waals surface area contributed by atoms with Crippen molar-refractivity contribution in [2.45, 2.75) is 0 Å². The van der Waals surface area contributed by atoms with Gasteiger partial charge in [0, 0.05) is 17.8 Å². The highest BCUT2D eigenvalue weighted by molar-refractivity contribution is 7.80. The molecule has 0 radical (unpaired) electrons. The van der Waals surface area contributed by atoms with E-state index in [4.69, 9.17) is 22.7 Å². The second-order valence-corrected chi connectivity index (χ2v) is 4.61. The quantitative estimate of drug-likeness (QED) is 0.748. The smallest absolute Gasteiger partial charge is 0.148 e. The van der Waals surface area contributed by atoms with E-state index in [0.29, 0.717) is 17.1 Å². The zero-order valence-corrected chi connectivity index (χ0v) is 11.3. The fourth-order valence-corrected chi connectivity index (χ4v) is 2.07. The van der Waals surface area contributed by atoms with Gasteiger partial charge in [-0.25, -0.2) is 0 Å². The van der Waals surface area contributed by atoms with Gasteiger partial charge in [0.15, 0.2) is 0 Å². The molecule has 3 aromatic rings. The molecule has 3 rings (SSSR count). The van der Waals surface area contributed by atoms with Gasteiger partial charge in [0.2, 0.25) is 0 Å². The van der Waals surface area contributed by atoms with Gasteiger partial charge >= 0.3 is 0 Å². The lowest BCUT2D eigenvalue weighted by atomic mass is 10.1. The van der Waals surface area contributed by atoms with Crippen molar-refractivity contribution in [1.29, 1.82) is 0 Å². The van der Waals surface area contributed by atoms with Crippen molar-refractivity contribution in [1.82, 2.24) is 9.97 Å². The molecule has 98 valence electrons. The van der Waals surface area contributed by atoms with Gasteiger partial charge in [0.05, 0.1) is 17.3 Å². The summed E-state index contributed by atoms with van der Waals surface area (Å²) in [7, 11) is 0. The Morgan fingerprint density at radius 2 is 1.95 bits per heavy atom. The highest BCUT2D eigenvalue weighted by Crippen LogP contribution is 2.32. The molecule has 0 aliphatic rings. The molecule has 2 heterocycles. The maximum Gasteiger partial charge on any atom is 0.148 e. The molecule has 0 bridgehead atoms. The number of thiocarbonyl (C=S) groups is 1. The lowest BCUT2D eigenvalue weighted by Crippen LogP contribution is -2.11. The minimum atomic E-state index is 0.252. The molecule has 20 heavy (non-hydrogen) atoms. The molecule has 0 aliphatic heterocycles. The molecule has 0 amide bonds. The van der Waals surface area contributed by atoms with Crippen LogP contribution in [0.3, 0.4) is 0 Å². The van der Waals surface area contributed by atoms with Crippen molar-refractivity contribution < 1.29 is 4.74 Å². The standard InChI is InChI=1S/C15H11N3OS/c16-15(20)12-9-18-13-6-2-1-5-11(13)14(12)19-10-4-3-7-17-8-10/h1-9H,(H2,16,20). The van der Waals surface area contributed by atoms with Crippen molar-refractivity contribution in [3.63, 3.8) is 0 Å². The van der Waals surface area contributed by atoms with Gasteiger partial charge in [0.1, 0.15) is 16.5 Å². The summed E-state index contributed by atoms with van der Waals surface area (Å²) in [5.41, 5.74) is 7.19. The maximum atomic E-state index is 5.91. The first-order chi connectivity index (χ1) is 9.75. The Kier molecular flexibility index (Phi) is 3.26. The normalized spacial score (nSPS) is 10.4. The fraction of sp³-hybridized carbons (Fsp3) is 0. The van der Waals surface area contributed by atoms with E-state index in [1.165, 1.54) is 0 Å². The zero-order valence-electron chi connectivity index (χ0n) is 10.5. The van der Waals surface area contributed by atoms with Crippen LogP contribution in [0.5, 0.6) is 11.5 Å². The van der Waals surface area contributed by atoms with Gasteiger partial charge in [0.25, 0.3) is 0 Å². The Hall–Kier alpha value is -2.53. The molecule has 2 aromatic heterocycles. The average molecular weight is 281 g/mol. The fourth-order valence-electron chi connectivity index (χ4n) is 1.93.